The largest absolute Gasteiger partial charge is 0.460 e. The predicted molar refractivity (Wildman–Crippen MR) is 106 cm³/mol. The average Bonchev–Trinajstić information content (AvgIpc) is 3.22. The number of rotatable bonds is 6. The number of nitro groups is 1. The summed E-state index contributed by atoms with van der Waals surface area (Å²) in [5.74, 6) is 1.16. The molecule has 2 aromatic heterocycles. The highest BCUT2D eigenvalue weighted by molar-refractivity contribution is 7.80. The van der Waals surface area contributed by atoms with Gasteiger partial charge in [0.25, 0.3) is 5.91 Å². The van der Waals surface area contributed by atoms with Crippen LogP contribution in [0, 0.1) is 29.9 Å². The first kappa shape index (κ1) is 19.7. The number of carbonyl (C=O) groups excluding carboxylic acids is 1. The molecule has 0 saturated carbocycles. The van der Waals surface area contributed by atoms with E-state index in [4.69, 9.17) is 16.6 Å². The summed E-state index contributed by atoms with van der Waals surface area (Å²) in [5.41, 5.74) is 1.18. The minimum Gasteiger partial charge on any atom is -0.460 e. The lowest BCUT2D eigenvalue weighted by Gasteiger charge is -2.15. The molecule has 0 aromatic carbocycles. The van der Waals surface area contributed by atoms with Gasteiger partial charge in [-0.15, -0.1) is 0 Å². The summed E-state index contributed by atoms with van der Waals surface area (Å²) >= 11 is 5.23. The van der Waals surface area contributed by atoms with E-state index in [0.717, 1.165) is 0 Å². The van der Waals surface area contributed by atoms with Crippen molar-refractivity contribution in [3.8, 4) is 0 Å². The standard InChI is InChI=1S/C18H21N5O4S/c1-10(2)8-21-17(24)15(19-18(21)28)7-13-5-6-14(27-13)9-22-12(4)16(23(25)26)11(3)20-22/h5-7,10H,8-9H2,1-4H3,(H,19,28)/b15-7+. The van der Waals surface area contributed by atoms with Crippen molar-refractivity contribution in [2.24, 2.45) is 5.92 Å². The number of nitrogens with zero attached hydrogens (tertiary/aromatic N) is 4. The summed E-state index contributed by atoms with van der Waals surface area (Å²) < 4.78 is 7.28. The van der Waals surface area contributed by atoms with E-state index in [1.54, 1.807) is 32.1 Å². The molecule has 1 amide bonds. The van der Waals surface area contributed by atoms with Crippen LogP contribution in [-0.2, 0) is 11.3 Å². The number of carbonyl (C=O) groups is 1. The fourth-order valence-electron chi connectivity index (χ4n) is 3.06. The SMILES string of the molecule is Cc1nn(Cc2ccc(/C=C3/NC(=S)N(CC(C)C)C3=O)o2)c(C)c1[N+](=O)[O-]. The first-order chi connectivity index (χ1) is 13.2. The normalized spacial score (nSPS) is 15.8. The summed E-state index contributed by atoms with van der Waals surface area (Å²) in [4.78, 5) is 24.7. The third kappa shape index (κ3) is 3.81. The Hall–Kier alpha value is -3.01. The van der Waals surface area contributed by atoms with E-state index in [1.165, 1.54) is 9.58 Å². The van der Waals surface area contributed by atoms with Crippen LogP contribution < -0.4 is 5.32 Å². The minimum absolute atomic E-state index is 0.00778. The van der Waals surface area contributed by atoms with E-state index >= 15 is 0 Å². The van der Waals surface area contributed by atoms with Gasteiger partial charge in [0.1, 0.15) is 28.6 Å². The second kappa shape index (κ2) is 7.55. The van der Waals surface area contributed by atoms with Gasteiger partial charge in [0.2, 0.25) is 0 Å². The van der Waals surface area contributed by atoms with Gasteiger partial charge in [0, 0.05) is 12.6 Å². The summed E-state index contributed by atoms with van der Waals surface area (Å²) in [6.45, 7) is 8.07. The Bertz CT molecular complexity index is 988. The zero-order valence-corrected chi connectivity index (χ0v) is 16.9. The van der Waals surface area contributed by atoms with E-state index in [0.29, 0.717) is 46.2 Å². The zero-order valence-electron chi connectivity index (χ0n) is 16.1. The molecule has 9 nitrogen and oxygen atoms in total. The van der Waals surface area contributed by atoms with Gasteiger partial charge in [-0.25, -0.2) is 0 Å². The Morgan fingerprint density at radius 3 is 2.71 bits per heavy atom. The number of furan rings is 1. The van der Waals surface area contributed by atoms with Crippen molar-refractivity contribution >= 4 is 35.0 Å². The van der Waals surface area contributed by atoms with Crippen molar-refractivity contribution in [1.29, 1.82) is 0 Å². The Labute approximate surface area is 167 Å². The highest BCUT2D eigenvalue weighted by Crippen LogP contribution is 2.23. The van der Waals surface area contributed by atoms with E-state index in [1.807, 2.05) is 13.8 Å². The van der Waals surface area contributed by atoms with E-state index in [-0.39, 0.29) is 18.1 Å². The van der Waals surface area contributed by atoms with Gasteiger partial charge in [-0.2, -0.15) is 5.10 Å². The molecule has 148 valence electrons. The number of thiocarbonyl (C=S) groups is 1. The van der Waals surface area contributed by atoms with Crippen LogP contribution in [0.3, 0.4) is 0 Å². The van der Waals surface area contributed by atoms with Crippen molar-refractivity contribution in [2.45, 2.75) is 34.2 Å². The number of aryl methyl sites for hydroxylation is 1. The number of amides is 1. The third-order valence-electron chi connectivity index (χ3n) is 4.31. The summed E-state index contributed by atoms with van der Waals surface area (Å²) in [5, 5.41) is 18.6. The molecule has 1 N–H and O–H groups in total. The maximum atomic E-state index is 12.5. The topological polar surface area (TPSA) is 106 Å². The van der Waals surface area contributed by atoms with Crippen LogP contribution in [0.2, 0.25) is 0 Å². The highest BCUT2D eigenvalue weighted by atomic mass is 32.1. The average molecular weight is 403 g/mol. The molecule has 2 aromatic rings. The van der Waals surface area contributed by atoms with Gasteiger partial charge >= 0.3 is 5.69 Å². The quantitative estimate of drug-likeness (QED) is 0.342. The summed E-state index contributed by atoms with van der Waals surface area (Å²) in [7, 11) is 0. The molecule has 1 aliphatic heterocycles. The molecule has 0 unspecified atom stereocenters. The Balaban J connectivity index is 1.77. The van der Waals surface area contributed by atoms with Crippen LogP contribution in [0.4, 0.5) is 5.69 Å². The zero-order chi connectivity index (χ0) is 20.6. The van der Waals surface area contributed by atoms with Gasteiger partial charge in [-0.3, -0.25) is 24.5 Å². The first-order valence-electron chi connectivity index (χ1n) is 8.79. The van der Waals surface area contributed by atoms with Gasteiger partial charge in [0.15, 0.2) is 5.11 Å². The monoisotopic (exact) mass is 403 g/mol. The molecule has 3 heterocycles. The maximum Gasteiger partial charge on any atom is 0.312 e. The molecule has 3 rings (SSSR count). The van der Waals surface area contributed by atoms with Gasteiger partial charge in [-0.1, -0.05) is 13.8 Å². The van der Waals surface area contributed by atoms with Gasteiger partial charge in [-0.05, 0) is 44.1 Å². The lowest BCUT2D eigenvalue weighted by Crippen LogP contribution is -2.33. The van der Waals surface area contributed by atoms with Gasteiger partial charge < -0.3 is 9.73 Å². The van der Waals surface area contributed by atoms with Crippen LogP contribution >= 0.6 is 12.2 Å². The number of aromatic nitrogens is 2. The van der Waals surface area contributed by atoms with Crippen LogP contribution in [0.25, 0.3) is 6.08 Å². The second-order valence-corrected chi connectivity index (χ2v) is 7.42. The van der Waals surface area contributed by atoms with E-state index < -0.39 is 4.92 Å². The summed E-state index contributed by atoms with van der Waals surface area (Å²) in [6.07, 6.45) is 1.60. The van der Waals surface area contributed by atoms with Crippen LogP contribution in [0.15, 0.2) is 22.2 Å². The molecule has 0 spiro atoms. The van der Waals surface area contributed by atoms with Crippen molar-refractivity contribution in [3.05, 3.63) is 50.9 Å². The minimum atomic E-state index is -0.435. The molecule has 10 heteroatoms. The Kier molecular flexibility index (Phi) is 5.32. The highest BCUT2D eigenvalue weighted by Gasteiger charge is 2.31. The van der Waals surface area contributed by atoms with Crippen LogP contribution in [0.1, 0.15) is 36.8 Å². The lowest BCUT2D eigenvalue weighted by molar-refractivity contribution is -0.386. The first-order valence-corrected chi connectivity index (χ1v) is 9.19. The van der Waals surface area contributed by atoms with Crippen molar-refractivity contribution < 1.29 is 14.1 Å². The predicted octanol–water partition coefficient (Wildman–Crippen LogP) is 2.76. The second-order valence-electron chi connectivity index (χ2n) is 7.04. The molecular weight excluding hydrogens is 382 g/mol. The van der Waals surface area contributed by atoms with Crippen LogP contribution in [0.5, 0.6) is 0 Å². The molecular formula is C18H21N5O4S. The number of nitrogens with one attached hydrogen (secondary N) is 1. The fraction of sp³-hybridized carbons (Fsp3) is 0.389. The Morgan fingerprint density at radius 2 is 2.11 bits per heavy atom. The van der Waals surface area contributed by atoms with E-state index in [9.17, 15) is 14.9 Å². The lowest BCUT2D eigenvalue weighted by atomic mass is 10.2. The smallest absolute Gasteiger partial charge is 0.312 e. The van der Waals surface area contributed by atoms with Crippen molar-refractivity contribution in [1.82, 2.24) is 20.0 Å². The van der Waals surface area contributed by atoms with Crippen molar-refractivity contribution in [3.63, 3.8) is 0 Å². The maximum absolute atomic E-state index is 12.5. The molecule has 1 aliphatic rings. The number of hydrogen-bond acceptors (Lipinski definition) is 6. The number of hydrogen-bond donors (Lipinski definition) is 1. The van der Waals surface area contributed by atoms with Crippen molar-refractivity contribution in [2.75, 3.05) is 6.54 Å². The molecule has 28 heavy (non-hydrogen) atoms. The molecule has 0 atom stereocenters. The molecule has 1 saturated heterocycles. The molecule has 1 fully saturated rings. The Morgan fingerprint density at radius 1 is 1.39 bits per heavy atom. The molecule has 0 aliphatic carbocycles. The molecule has 0 bridgehead atoms. The molecule has 0 radical (unpaired) electrons. The third-order valence-corrected chi connectivity index (χ3v) is 4.63. The summed E-state index contributed by atoms with van der Waals surface area (Å²) in [6, 6.07) is 3.48. The fourth-order valence-corrected chi connectivity index (χ4v) is 3.32. The van der Waals surface area contributed by atoms with Gasteiger partial charge in [0.05, 0.1) is 11.5 Å². The van der Waals surface area contributed by atoms with E-state index in [2.05, 4.69) is 10.4 Å². The van der Waals surface area contributed by atoms with Crippen LogP contribution in [-0.4, -0.2) is 37.2 Å².